The molecule has 0 aromatic heterocycles. The zero-order chi connectivity index (χ0) is 15.2. The lowest BCUT2D eigenvalue weighted by Gasteiger charge is -2.32. The monoisotopic (exact) mass is 290 g/mol. The number of halogens is 1. The summed E-state index contributed by atoms with van der Waals surface area (Å²) in [6.45, 7) is 4.55. The van der Waals surface area contributed by atoms with Crippen LogP contribution in [0.25, 0.3) is 0 Å². The van der Waals surface area contributed by atoms with E-state index in [0.717, 1.165) is 18.8 Å². The smallest absolute Gasteiger partial charge is 0.135 e. The Bertz CT molecular complexity index is 530. The van der Waals surface area contributed by atoms with Crippen molar-refractivity contribution < 1.29 is 14.2 Å². The molecule has 3 heteroatoms. The Balaban J connectivity index is 2.11. The number of aliphatic hydroxyl groups is 1. The van der Waals surface area contributed by atoms with E-state index in [4.69, 9.17) is 9.84 Å². The van der Waals surface area contributed by atoms with Gasteiger partial charge in [0.05, 0.1) is 18.3 Å². The van der Waals surface area contributed by atoms with Crippen LogP contribution in [0.15, 0.2) is 18.2 Å². The molecule has 1 aromatic carbocycles. The molecule has 1 saturated carbocycles. The lowest BCUT2D eigenvalue weighted by atomic mass is 9.80. The van der Waals surface area contributed by atoms with Gasteiger partial charge in [0.15, 0.2) is 0 Å². The molecule has 114 valence electrons. The van der Waals surface area contributed by atoms with E-state index in [2.05, 4.69) is 25.7 Å². The maximum absolute atomic E-state index is 13.4. The van der Waals surface area contributed by atoms with Crippen molar-refractivity contribution in [2.75, 3.05) is 6.61 Å². The number of hydrogen-bond donors (Lipinski definition) is 1. The average molecular weight is 290 g/mol. The van der Waals surface area contributed by atoms with Crippen molar-refractivity contribution in [2.24, 2.45) is 11.8 Å². The molecule has 2 rings (SSSR count). The van der Waals surface area contributed by atoms with Crippen LogP contribution in [0, 0.1) is 29.5 Å². The Morgan fingerprint density at radius 3 is 2.81 bits per heavy atom. The molecule has 0 radical (unpaired) electrons. The van der Waals surface area contributed by atoms with Crippen LogP contribution in [-0.4, -0.2) is 17.8 Å². The number of ether oxygens (including phenoxy) is 1. The van der Waals surface area contributed by atoms with Gasteiger partial charge in [0.2, 0.25) is 0 Å². The molecule has 1 aromatic rings. The molecule has 0 saturated heterocycles. The minimum Gasteiger partial charge on any atom is -0.489 e. The molecule has 3 atom stereocenters. The van der Waals surface area contributed by atoms with Crippen LogP contribution in [0.4, 0.5) is 4.39 Å². The first-order valence-corrected chi connectivity index (χ1v) is 7.66. The Morgan fingerprint density at radius 2 is 2.10 bits per heavy atom. The Kier molecular flexibility index (Phi) is 5.64. The van der Waals surface area contributed by atoms with Crippen LogP contribution in [0.1, 0.15) is 45.1 Å². The minimum atomic E-state index is -0.318. The molecule has 0 bridgehead atoms. The van der Waals surface area contributed by atoms with Gasteiger partial charge in [-0.1, -0.05) is 25.7 Å². The van der Waals surface area contributed by atoms with Gasteiger partial charge in [-0.3, -0.25) is 0 Å². The number of benzene rings is 1. The highest BCUT2D eigenvalue weighted by atomic mass is 19.1. The lowest BCUT2D eigenvalue weighted by molar-refractivity contribution is 0.100. The summed E-state index contributed by atoms with van der Waals surface area (Å²) in [7, 11) is 0. The predicted molar refractivity (Wildman–Crippen MR) is 81.6 cm³/mol. The highest BCUT2D eigenvalue weighted by Crippen LogP contribution is 2.32. The van der Waals surface area contributed by atoms with Crippen LogP contribution in [0.3, 0.4) is 0 Å². The van der Waals surface area contributed by atoms with Gasteiger partial charge in [0, 0.05) is 6.42 Å². The summed E-state index contributed by atoms with van der Waals surface area (Å²) in [6, 6.07) is 4.46. The summed E-state index contributed by atoms with van der Waals surface area (Å²) in [5.41, 5.74) is 0.565. The maximum atomic E-state index is 13.4. The zero-order valence-electron chi connectivity index (χ0n) is 12.7. The van der Waals surface area contributed by atoms with Gasteiger partial charge >= 0.3 is 0 Å². The van der Waals surface area contributed by atoms with Crippen LogP contribution in [-0.2, 0) is 0 Å². The molecule has 3 unspecified atom stereocenters. The topological polar surface area (TPSA) is 29.5 Å². The van der Waals surface area contributed by atoms with Gasteiger partial charge < -0.3 is 9.84 Å². The summed E-state index contributed by atoms with van der Waals surface area (Å²) >= 11 is 0. The first-order chi connectivity index (χ1) is 10.1. The van der Waals surface area contributed by atoms with Crippen LogP contribution in [0.2, 0.25) is 0 Å². The molecule has 1 aliphatic carbocycles. The van der Waals surface area contributed by atoms with Gasteiger partial charge in [-0.2, -0.15) is 0 Å². The van der Waals surface area contributed by atoms with Crippen molar-refractivity contribution >= 4 is 0 Å². The van der Waals surface area contributed by atoms with E-state index in [-0.39, 0.29) is 18.5 Å². The highest BCUT2D eigenvalue weighted by Gasteiger charge is 2.26. The molecule has 1 N–H and O–H groups in total. The number of aliphatic hydroxyl groups excluding tert-OH is 1. The second kappa shape index (κ2) is 7.47. The quantitative estimate of drug-likeness (QED) is 0.859. The Labute approximate surface area is 126 Å². The first-order valence-electron chi connectivity index (χ1n) is 7.66. The van der Waals surface area contributed by atoms with Gasteiger partial charge in [-0.25, -0.2) is 4.39 Å². The van der Waals surface area contributed by atoms with Gasteiger partial charge in [0.1, 0.15) is 11.6 Å². The third-order valence-electron chi connectivity index (χ3n) is 4.25. The molecular formula is C18H23FO2. The first kappa shape index (κ1) is 15.9. The van der Waals surface area contributed by atoms with E-state index in [0.29, 0.717) is 23.7 Å². The van der Waals surface area contributed by atoms with Crippen LogP contribution in [0.5, 0.6) is 5.75 Å². The second-order valence-electron chi connectivity index (χ2n) is 5.92. The third-order valence-corrected chi connectivity index (χ3v) is 4.25. The molecule has 0 heterocycles. The van der Waals surface area contributed by atoms with Crippen LogP contribution < -0.4 is 4.74 Å². The van der Waals surface area contributed by atoms with Crippen molar-refractivity contribution in [3.8, 4) is 17.6 Å². The van der Waals surface area contributed by atoms with Crippen molar-refractivity contribution in [2.45, 2.75) is 45.6 Å². The number of rotatable bonds is 3. The van der Waals surface area contributed by atoms with E-state index in [1.807, 2.05) is 0 Å². The summed E-state index contributed by atoms with van der Waals surface area (Å²) in [5, 5.41) is 8.78. The summed E-state index contributed by atoms with van der Waals surface area (Å²) in [4.78, 5) is 0. The van der Waals surface area contributed by atoms with Crippen LogP contribution >= 0.6 is 0 Å². The predicted octanol–water partition coefficient (Wildman–Crippen LogP) is 3.76. The summed E-state index contributed by atoms with van der Waals surface area (Å²) < 4.78 is 19.4. The molecule has 0 aliphatic heterocycles. The zero-order valence-corrected chi connectivity index (χ0v) is 12.7. The molecule has 0 amide bonds. The summed E-state index contributed by atoms with van der Waals surface area (Å²) in [6.07, 6.45) is 3.79. The Hall–Kier alpha value is -1.53. The van der Waals surface area contributed by atoms with Crippen molar-refractivity contribution in [3.63, 3.8) is 0 Å². The van der Waals surface area contributed by atoms with Crippen molar-refractivity contribution in [3.05, 3.63) is 29.6 Å². The van der Waals surface area contributed by atoms with E-state index in [1.54, 1.807) is 6.07 Å². The fraction of sp³-hybridized carbons (Fsp3) is 0.556. The standard InChI is InChI=1S/C18H23FO2/c1-13-6-8-17(11-14(13)2)21-18-9-7-16(19)12-15(18)5-3-4-10-20/h7,9,12-14,17,20H,4,6,8,10-11H2,1-2H3. The molecule has 1 fully saturated rings. The van der Waals surface area contributed by atoms with Crippen molar-refractivity contribution in [1.82, 2.24) is 0 Å². The van der Waals surface area contributed by atoms with Gasteiger partial charge in [-0.05, 0) is 49.3 Å². The molecule has 2 nitrogen and oxygen atoms in total. The normalized spacial score (nSPS) is 25.0. The Morgan fingerprint density at radius 1 is 1.29 bits per heavy atom. The highest BCUT2D eigenvalue weighted by molar-refractivity contribution is 5.46. The summed E-state index contributed by atoms with van der Waals surface area (Å²) in [5.74, 6) is 7.43. The van der Waals surface area contributed by atoms with E-state index in [1.165, 1.54) is 18.6 Å². The van der Waals surface area contributed by atoms with Gasteiger partial charge in [-0.15, -0.1) is 0 Å². The fourth-order valence-corrected chi connectivity index (χ4v) is 2.70. The van der Waals surface area contributed by atoms with E-state index in [9.17, 15) is 4.39 Å². The second-order valence-corrected chi connectivity index (χ2v) is 5.92. The van der Waals surface area contributed by atoms with Gasteiger partial charge in [0.25, 0.3) is 0 Å². The maximum Gasteiger partial charge on any atom is 0.135 e. The lowest BCUT2D eigenvalue weighted by Crippen LogP contribution is -2.29. The van der Waals surface area contributed by atoms with E-state index >= 15 is 0 Å². The molecule has 1 aliphatic rings. The molecule has 0 spiro atoms. The average Bonchev–Trinajstić information content (AvgIpc) is 2.46. The van der Waals surface area contributed by atoms with E-state index < -0.39 is 0 Å². The largest absolute Gasteiger partial charge is 0.489 e. The SMILES string of the molecule is CC1CCC(Oc2ccc(F)cc2C#CCCO)CC1C. The minimum absolute atomic E-state index is 0.0105. The van der Waals surface area contributed by atoms with Crippen molar-refractivity contribution in [1.29, 1.82) is 0 Å². The molecular weight excluding hydrogens is 267 g/mol. The molecule has 21 heavy (non-hydrogen) atoms. The third kappa shape index (κ3) is 4.47. The number of hydrogen-bond acceptors (Lipinski definition) is 2. The fourth-order valence-electron chi connectivity index (χ4n) is 2.70.